The number of nitrogens with two attached hydrogens (primary N) is 1. The van der Waals surface area contributed by atoms with E-state index in [0.29, 0.717) is 5.84 Å². The van der Waals surface area contributed by atoms with Gasteiger partial charge >= 0.3 is 0 Å². The molecule has 0 aromatic rings. The van der Waals surface area contributed by atoms with E-state index in [-0.39, 0.29) is 12.4 Å². The van der Waals surface area contributed by atoms with E-state index in [9.17, 15) is 4.21 Å². The second-order valence-electron chi connectivity index (χ2n) is 1.52. The summed E-state index contributed by atoms with van der Waals surface area (Å²) in [5.41, 5.74) is 5.20. The topological polar surface area (TPSA) is 55.4 Å². The number of nitrogens with zero attached hydrogens (tertiary/aromatic N) is 1. The van der Waals surface area contributed by atoms with Gasteiger partial charge in [0.15, 0.2) is 11.0 Å². The van der Waals surface area contributed by atoms with Gasteiger partial charge < -0.3 is 5.73 Å². The van der Waals surface area contributed by atoms with Crippen LogP contribution in [0.25, 0.3) is 0 Å². The zero-order valence-electron chi connectivity index (χ0n) is 4.83. The molecule has 0 amide bonds. The van der Waals surface area contributed by atoms with Gasteiger partial charge in [-0.25, -0.2) is 4.21 Å². The average Bonchev–Trinajstić information content (AvgIpc) is 1.85. The molecule has 0 aromatic carbocycles. The van der Waals surface area contributed by atoms with Gasteiger partial charge in [0.1, 0.15) is 5.84 Å². The highest BCUT2D eigenvalue weighted by molar-refractivity contribution is 7.88. The largest absolute Gasteiger partial charge is 0.383 e. The van der Waals surface area contributed by atoms with E-state index in [2.05, 4.69) is 4.40 Å². The molecule has 0 saturated carbocycles. The van der Waals surface area contributed by atoms with E-state index < -0.39 is 11.0 Å². The Labute approximate surface area is 62.0 Å². The molecule has 0 aliphatic carbocycles. The van der Waals surface area contributed by atoms with Crippen LogP contribution in [0.15, 0.2) is 15.4 Å². The Morgan fingerprint density at radius 2 is 2.33 bits per heavy atom. The summed E-state index contributed by atoms with van der Waals surface area (Å²) < 4.78 is 14.1. The van der Waals surface area contributed by atoms with E-state index >= 15 is 0 Å². The van der Waals surface area contributed by atoms with Crippen molar-refractivity contribution in [3.05, 3.63) is 11.0 Å². The van der Waals surface area contributed by atoms with Crippen LogP contribution >= 0.6 is 12.4 Å². The van der Waals surface area contributed by atoms with Crippen LogP contribution in [0.5, 0.6) is 0 Å². The van der Waals surface area contributed by atoms with Gasteiger partial charge in [-0.15, -0.1) is 12.4 Å². The summed E-state index contributed by atoms with van der Waals surface area (Å²) in [6.07, 6.45) is 1.61. The molecule has 2 N–H and O–H groups in total. The minimum Gasteiger partial charge on any atom is -0.383 e. The Morgan fingerprint density at radius 1 is 1.78 bits per heavy atom. The first-order chi connectivity index (χ1) is 3.70. The second-order valence-corrected chi connectivity index (χ2v) is 2.85. The predicted molar refractivity (Wildman–Crippen MR) is 40.8 cm³/mol. The minimum atomic E-state index is -1.17. The third-order valence-electron chi connectivity index (χ3n) is 0.815. The van der Waals surface area contributed by atoms with Crippen molar-refractivity contribution in [2.24, 2.45) is 10.1 Å². The van der Waals surface area contributed by atoms with E-state index in [1.165, 1.54) is 0 Å². The van der Waals surface area contributed by atoms with Crippen molar-refractivity contribution in [3.63, 3.8) is 0 Å². The van der Waals surface area contributed by atoms with Crippen LogP contribution in [0.2, 0.25) is 0 Å². The van der Waals surface area contributed by atoms with E-state index in [0.717, 1.165) is 4.91 Å². The highest BCUT2D eigenvalue weighted by Crippen LogP contribution is 2.07. The third-order valence-corrected chi connectivity index (χ3v) is 1.86. The molecular formula is C4H7ClN2OS. The van der Waals surface area contributed by atoms with Gasteiger partial charge in [-0.3, -0.25) is 0 Å². The molecule has 1 rings (SSSR count). The van der Waals surface area contributed by atoms with Crippen LogP contribution in [0, 0.1) is 0 Å². The van der Waals surface area contributed by atoms with Crippen LogP contribution in [-0.4, -0.2) is 10.0 Å². The van der Waals surface area contributed by atoms with Crippen molar-refractivity contribution in [1.82, 2.24) is 0 Å². The summed E-state index contributed by atoms with van der Waals surface area (Å²) in [6, 6.07) is 0. The number of halogens is 1. The van der Waals surface area contributed by atoms with Crippen molar-refractivity contribution in [2.75, 3.05) is 0 Å². The number of rotatable bonds is 0. The summed E-state index contributed by atoms with van der Waals surface area (Å²) in [5, 5.41) is 0. The second kappa shape index (κ2) is 2.98. The number of allylic oxidation sites excluding steroid dienone is 1. The lowest BCUT2D eigenvalue weighted by atomic mass is 10.5. The molecule has 0 radical (unpaired) electrons. The Balaban J connectivity index is 0.000000640. The summed E-state index contributed by atoms with van der Waals surface area (Å²) in [5.74, 6) is 0.362. The van der Waals surface area contributed by atoms with Crippen molar-refractivity contribution >= 4 is 29.2 Å². The maximum atomic E-state index is 10.6. The molecule has 1 atom stereocenters. The standard InChI is InChI=1S/C4H6N2OS.ClH/c1-3-2-4(5)6-8(3)7;/h2H,1H3,(H2,5,6);1H. The van der Waals surface area contributed by atoms with Crippen LogP contribution in [-0.2, 0) is 11.0 Å². The van der Waals surface area contributed by atoms with Crippen LogP contribution < -0.4 is 5.73 Å². The molecule has 1 aliphatic heterocycles. The van der Waals surface area contributed by atoms with Crippen molar-refractivity contribution < 1.29 is 4.21 Å². The first-order valence-electron chi connectivity index (χ1n) is 2.14. The van der Waals surface area contributed by atoms with E-state index in [4.69, 9.17) is 5.73 Å². The monoisotopic (exact) mass is 166 g/mol. The fraction of sp³-hybridized carbons (Fsp3) is 0.250. The van der Waals surface area contributed by atoms with Crippen LogP contribution in [0.3, 0.4) is 0 Å². The SMILES string of the molecule is CC1=CC(N)=NS1=O.Cl. The van der Waals surface area contributed by atoms with Gasteiger partial charge in [-0.2, -0.15) is 4.40 Å². The Morgan fingerprint density at radius 3 is 2.44 bits per heavy atom. The molecule has 9 heavy (non-hydrogen) atoms. The Bertz CT molecular complexity index is 196. The fourth-order valence-electron chi connectivity index (χ4n) is 0.453. The lowest BCUT2D eigenvalue weighted by Gasteiger charge is -1.79. The maximum absolute atomic E-state index is 10.6. The molecule has 3 nitrogen and oxygen atoms in total. The zero-order chi connectivity index (χ0) is 6.15. The highest BCUT2D eigenvalue weighted by Gasteiger charge is 2.07. The molecule has 0 aromatic heterocycles. The lowest BCUT2D eigenvalue weighted by Crippen LogP contribution is -2.03. The summed E-state index contributed by atoms with van der Waals surface area (Å²) in [6.45, 7) is 1.74. The molecule has 1 aliphatic rings. The first-order valence-corrected chi connectivity index (χ1v) is 3.25. The Kier molecular flexibility index (Phi) is 2.87. The number of hydrogen-bond acceptors (Lipinski definition) is 2. The van der Waals surface area contributed by atoms with Crippen molar-refractivity contribution in [1.29, 1.82) is 0 Å². The van der Waals surface area contributed by atoms with Crippen LogP contribution in [0.1, 0.15) is 6.92 Å². The molecule has 0 saturated heterocycles. The number of hydrogen-bond donors (Lipinski definition) is 1. The maximum Gasteiger partial charge on any atom is 0.170 e. The molecule has 0 spiro atoms. The lowest BCUT2D eigenvalue weighted by molar-refractivity contribution is 0.688. The van der Waals surface area contributed by atoms with Gasteiger partial charge in [0.25, 0.3) is 0 Å². The predicted octanol–water partition coefficient (Wildman–Crippen LogP) is 0.347. The molecule has 0 fully saturated rings. The first kappa shape index (κ1) is 8.65. The van der Waals surface area contributed by atoms with E-state index in [1.807, 2.05) is 0 Å². The number of amidine groups is 1. The van der Waals surface area contributed by atoms with Gasteiger partial charge in [0.05, 0.1) is 0 Å². The highest BCUT2D eigenvalue weighted by atomic mass is 35.5. The molecule has 1 unspecified atom stereocenters. The minimum absolute atomic E-state index is 0. The van der Waals surface area contributed by atoms with Crippen molar-refractivity contribution in [2.45, 2.75) is 6.92 Å². The summed E-state index contributed by atoms with van der Waals surface area (Å²) >= 11 is 0. The van der Waals surface area contributed by atoms with Gasteiger partial charge in [-0.1, -0.05) is 0 Å². The summed E-state index contributed by atoms with van der Waals surface area (Å²) in [7, 11) is -1.17. The molecule has 52 valence electrons. The third kappa shape index (κ3) is 1.80. The summed E-state index contributed by atoms with van der Waals surface area (Å²) in [4.78, 5) is 0.725. The Hall–Kier alpha value is -0.350. The van der Waals surface area contributed by atoms with E-state index in [1.54, 1.807) is 13.0 Å². The smallest absolute Gasteiger partial charge is 0.170 e. The van der Waals surface area contributed by atoms with Crippen molar-refractivity contribution in [3.8, 4) is 0 Å². The fourth-order valence-corrected chi connectivity index (χ4v) is 1.06. The molecule has 0 bridgehead atoms. The molecule has 1 heterocycles. The molecule has 5 heteroatoms. The average molecular weight is 167 g/mol. The zero-order valence-corrected chi connectivity index (χ0v) is 6.46. The van der Waals surface area contributed by atoms with Crippen LogP contribution in [0.4, 0.5) is 0 Å². The van der Waals surface area contributed by atoms with Gasteiger partial charge in [0, 0.05) is 4.91 Å². The normalized spacial score (nSPS) is 24.3. The molecular weight excluding hydrogens is 160 g/mol. The quantitative estimate of drug-likeness (QED) is 0.565. The van der Waals surface area contributed by atoms with Gasteiger partial charge in [-0.05, 0) is 13.0 Å². The van der Waals surface area contributed by atoms with Gasteiger partial charge in [0.2, 0.25) is 0 Å².